The molecule has 2 rings (SSSR count). The Hall–Kier alpha value is -1.35. The molecule has 0 aromatic heterocycles. The highest BCUT2D eigenvalue weighted by Crippen LogP contribution is 2.40. The van der Waals surface area contributed by atoms with Crippen LogP contribution in [0.15, 0.2) is 0 Å². The lowest BCUT2D eigenvalue weighted by Crippen LogP contribution is -2.46. The molecule has 2 heterocycles. The first-order valence-electron chi connectivity index (χ1n) is 6.95. The maximum absolute atomic E-state index is 11.7. The molecule has 2 aliphatic heterocycles. The van der Waals surface area contributed by atoms with E-state index in [9.17, 15) is 9.90 Å². The highest BCUT2D eigenvalue weighted by atomic mass is 16.8. The van der Waals surface area contributed by atoms with Gasteiger partial charge in [0.2, 0.25) is 0 Å². The van der Waals surface area contributed by atoms with Crippen LogP contribution in [-0.4, -0.2) is 71.8 Å². The number of aliphatic hydroxyl groups is 1. The fourth-order valence-corrected chi connectivity index (χ4v) is 2.62. The second-order valence-corrected chi connectivity index (χ2v) is 5.42. The lowest BCUT2D eigenvalue weighted by atomic mass is 10.0. The lowest BCUT2D eigenvalue weighted by molar-refractivity contribution is -0.234. The second kappa shape index (κ2) is 6.41. The van der Waals surface area contributed by atoms with Crippen LogP contribution in [0, 0.1) is 0 Å². The molecule has 2 aliphatic rings. The van der Waals surface area contributed by atoms with Crippen molar-refractivity contribution in [1.29, 1.82) is 0 Å². The first-order chi connectivity index (χ1) is 10.3. The summed E-state index contributed by atoms with van der Waals surface area (Å²) in [5.41, 5.74) is 8.43. The largest absolute Gasteiger partial charge is 0.457 e. The Balaban J connectivity index is 2.20. The van der Waals surface area contributed by atoms with E-state index in [-0.39, 0.29) is 6.61 Å². The summed E-state index contributed by atoms with van der Waals surface area (Å²) in [6.07, 6.45) is -4.56. The van der Waals surface area contributed by atoms with Crippen LogP contribution in [0.4, 0.5) is 0 Å². The molecule has 9 heteroatoms. The van der Waals surface area contributed by atoms with Crippen molar-refractivity contribution in [3.8, 4) is 0 Å². The number of ether oxygens (including phenoxy) is 5. The van der Waals surface area contributed by atoms with Crippen LogP contribution in [0.1, 0.15) is 20.8 Å². The minimum atomic E-state index is -1.55. The molecule has 2 saturated heterocycles. The first kappa shape index (κ1) is 17.0. The predicted molar refractivity (Wildman–Crippen MR) is 70.8 cm³/mol. The normalized spacial score (nSPS) is 33.9. The van der Waals surface area contributed by atoms with Crippen molar-refractivity contribution in [2.45, 2.75) is 57.3 Å². The number of esters is 1. The third-order valence-electron chi connectivity index (χ3n) is 3.46. The molecule has 22 heavy (non-hydrogen) atoms. The van der Waals surface area contributed by atoms with Crippen LogP contribution in [0.2, 0.25) is 0 Å². The van der Waals surface area contributed by atoms with Crippen LogP contribution in [0.25, 0.3) is 5.53 Å². The van der Waals surface area contributed by atoms with E-state index in [0.29, 0.717) is 0 Å². The molecule has 5 atom stereocenters. The number of hydrogen-bond donors (Lipinski definition) is 1. The van der Waals surface area contributed by atoms with Gasteiger partial charge in [0.15, 0.2) is 18.2 Å². The summed E-state index contributed by atoms with van der Waals surface area (Å²) in [5, 5.41) is 10.3. The Morgan fingerprint density at radius 1 is 1.41 bits per heavy atom. The molecule has 124 valence electrons. The van der Waals surface area contributed by atoms with Gasteiger partial charge in [-0.1, -0.05) is 0 Å². The van der Waals surface area contributed by atoms with Crippen molar-refractivity contribution in [3.63, 3.8) is 0 Å². The lowest BCUT2D eigenvalue weighted by Gasteiger charge is -2.24. The van der Waals surface area contributed by atoms with E-state index < -0.39 is 48.2 Å². The summed E-state index contributed by atoms with van der Waals surface area (Å²) in [6, 6.07) is 0. The van der Waals surface area contributed by atoms with Crippen molar-refractivity contribution in [2.24, 2.45) is 0 Å². The molecule has 1 N–H and O–H groups in total. The van der Waals surface area contributed by atoms with Gasteiger partial charge in [-0.15, -0.1) is 0 Å². The molecule has 0 radical (unpaired) electrons. The fraction of sp³-hybridized carbons (Fsp3) is 0.846. The van der Waals surface area contributed by atoms with Gasteiger partial charge >= 0.3 is 11.7 Å². The van der Waals surface area contributed by atoms with E-state index in [4.69, 9.17) is 29.2 Å². The Labute approximate surface area is 127 Å². The minimum absolute atomic E-state index is 0.0789. The molecule has 0 amide bonds. The molecule has 9 nitrogen and oxygen atoms in total. The SMILES string of the molecule is CCOC(=O)C(=[N+]=[N-])[C@H](O)[C@H]1O[C@@H](OC)[C@@H]2OC(C)(C)O[C@@H]21. The summed E-state index contributed by atoms with van der Waals surface area (Å²) in [6.45, 7) is 5.11. The van der Waals surface area contributed by atoms with Crippen LogP contribution in [0.3, 0.4) is 0 Å². The van der Waals surface area contributed by atoms with Crippen LogP contribution in [-0.2, 0) is 28.5 Å². The van der Waals surface area contributed by atoms with E-state index in [2.05, 4.69) is 4.79 Å². The van der Waals surface area contributed by atoms with Gasteiger partial charge in [0, 0.05) is 7.11 Å². The Kier molecular flexibility index (Phi) is 4.96. The molecule has 0 aromatic rings. The molecule has 2 fully saturated rings. The Morgan fingerprint density at radius 3 is 2.59 bits per heavy atom. The number of carbonyl (C=O) groups excluding carboxylic acids is 1. The fourth-order valence-electron chi connectivity index (χ4n) is 2.62. The van der Waals surface area contributed by atoms with Crippen molar-refractivity contribution >= 4 is 11.7 Å². The molecular weight excluding hydrogens is 296 g/mol. The summed E-state index contributed by atoms with van der Waals surface area (Å²) < 4.78 is 26.8. The molecule has 0 bridgehead atoms. The summed E-state index contributed by atoms with van der Waals surface area (Å²) in [4.78, 5) is 14.5. The highest BCUT2D eigenvalue weighted by Gasteiger charge is 2.59. The quantitative estimate of drug-likeness (QED) is 0.313. The summed E-state index contributed by atoms with van der Waals surface area (Å²) >= 11 is 0. The molecule has 0 saturated carbocycles. The van der Waals surface area contributed by atoms with E-state index in [0.717, 1.165) is 0 Å². The summed E-state index contributed by atoms with van der Waals surface area (Å²) in [5.74, 6) is -1.81. The standard InChI is InChI=1S/C13H20N2O7/c1-5-19-11(17)6(15-14)7(16)8-9-10(12(18-4)20-8)22-13(2,3)21-9/h7-10,12,16H,5H2,1-4H3/t7-,8+,9+,10+,12+/m0/s1. The van der Waals surface area contributed by atoms with Crippen LogP contribution in [0.5, 0.6) is 0 Å². The number of fused-ring (bicyclic) bond motifs is 1. The maximum atomic E-state index is 11.7. The van der Waals surface area contributed by atoms with Gasteiger partial charge in [0.25, 0.3) is 0 Å². The number of hydrogen-bond acceptors (Lipinski definition) is 7. The Bertz CT molecular complexity index is 489. The number of carbonyl (C=O) groups is 1. The van der Waals surface area contributed by atoms with Gasteiger partial charge in [-0.3, -0.25) is 0 Å². The monoisotopic (exact) mass is 316 g/mol. The highest BCUT2D eigenvalue weighted by molar-refractivity contribution is 6.35. The first-order valence-corrected chi connectivity index (χ1v) is 6.95. The second-order valence-electron chi connectivity index (χ2n) is 5.42. The number of nitrogens with zero attached hydrogens (tertiary/aromatic N) is 2. The average Bonchev–Trinajstić information content (AvgIpc) is 2.92. The third kappa shape index (κ3) is 3.05. The van der Waals surface area contributed by atoms with E-state index >= 15 is 0 Å². The van der Waals surface area contributed by atoms with Gasteiger partial charge < -0.3 is 34.3 Å². The zero-order valence-corrected chi connectivity index (χ0v) is 12.9. The molecule has 0 aromatic carbocycles. The van der Waals surface area contributed by atoms with Gasteiger partial charge in [0.1, 0.15) is 18.3 Å². The van der Waals surface area contributed by atoms with Crippen molar-refractivity contribution < 1.29 is 38.4 Å². The van der Waals surface area contributed by atoms with E-state index in [1.54, 1.807) is 20.8 Å². The zero-order valence-electron chi connectivity index (χ0n) is 12.9. The topological polar surface area (TPSA) is 120 Å². The van der Waals surface area contributed by atoms with Gasteiger partial charge in [-0.25, -0.2) is 4.79 Å². The number of rotatable bonds is 5. The van der Waals surface area contributed by atoms with Gasteiger partial charge in [0.05, 0.1) is 6.61 Å². The van der Waals surface area contributed by atoms with Gasteiger partial charge in [-0.2, -0.15) is 4.79 Å². The molecule has 0 unspecified atom stereocenters. The number of aliphatic hydroxyl groups excluding tert-OH is 1. The van der Waals surface area contributed by atoms with Gasteiger partial charge in [-0.05, 0) is 20.8 Å². The predicted octanol–water partition coefficient (Wildman–Crippen LogP) is -0.527. The van der Waals surface area contributed by atoms with Crippen LogP contribution < -0.4 is 0 Å². The number of methoxy groups -OCH3 is 1. The zero-order chi connectivity index (χ0) is 16.5. The third-order valence-corrected chi connectivity index (χ3v) is 3.46. The van der Waals surface area contributed by atoms with E-state index in [1.165, 1.54) is 7.11 Å². The van der Waals surface area contributed by atoms with Crippen molar-refractivity contribution in [2.75, 3.05) is 13.7 Å². The summed E-state index contributed by atoms with van der Waals surface area (Å²) in [7, 11) is 1.43. The Morgan fingerprint density at radius 2 is 2.05 bits per heavy atom. The molecule has 0 spiro atoms. The van der Waals surface area contributed by atoms with Crippen molar-refractivity contribution in [1.82, 2.24) is 0 Å². The van der Waals surface area contributed by atoms with Crippen molar-refractivity contribution in [3.05, 3.63) is 5.53 Å². The maximum Gasteiger partial charge on any atom is 0.419 e. The van der Waals surface area contributed by atoms with Crippen LogP contribution >= 0.6 is 0 Å². The molecular formula is C13H20N2O7. The van der Waals surface area contributed by atoms with E-state index in [1.807, 2.05) is 0 Å². The average molecular weight is 316 g/mol. The smallest absolute Gasteiger partial charge is 0.419 e. The minimum Gasteiger partial charge on any atom is -0.457 e. The molecule has 0 aliphatic carbocycles.